The number of thiazole rings is 1. The number of amides is 2. The minimum absolute atomic E-state index is 0.102. The second-order valence-electron chi connectivity index (χ2n) is 8.02. The number of piperazine rings is 1. The van der Waals surface area contributed by atoms with Crippen molar-refractivity contribution in [3.63, 3.8) is 0 Å². The van der Waals surface area contributed by atoms with Crippen LogP contribution < -0.4 is 10.2 Å². The molecule has 1 unspecified atom stereocenters. The second kappa shape index (κ2) is 8.17. The molecule has 1 aliphatic heterocycles. The van der Waals surface area contributed by atoms with Crippen molar-refractivity contribution in [2.75, 3.05) is 31.1 Å². The highest BCUT2D eigenvalue weighted by atomic mass is 32.1. The molecule has 1 aromatic rings. The van der Waals surface area contributed by atoms with Crippen molar-refractivity contribution >= 4 is 28.3 Å². The first-order valence-corrected chi connectivity index (χ1v) is 11.3. The van der Waals surface area contributed by atoms with Gasteiger partial charge in [-0.05, 0) is 32.1 Å². The van der Waals surface area contributed by atoms with Crippen LogP contribution >= 0.6 is 11.3 Å². The van der Waals surface area contributed by atoms with Crippen molar-refractivity contribution in [1.82, 2.24) is 15.2 Å². The summed E-state index contributed by atoms with van der Waals surface area (Å²) in [7, 11) is 0. The molecule has 148 valence electrons. The van der Waals surface area contributed by atoms with Crippen LogP contribution in [0, 0.1) is 5.92 Å². The monoisotopic (exact) mass is 390 g/mol. The number of hydrogen-bond donors (Lipinski definition) is 1. The van der Waals surface area contributed by atoms with Crippen molar-refractivity contribution in [2.24, 2.45) is 5.92 Å². The van der Waals surface area contributed by atoms with Crippen LogP contribution in [0.25, 0.3) is 0 Å². The summed E-state index contributed by atoms with van der Waals surface area (Å²) in [6.07, 6.45) is 8.00. The predicted octanol–water partition coefficient (Wildman–Crippen LogP) is 2.37. The minimum atomic E-state index is 0.102. The molecule has 2 fully saturated rings. The Bertz CT molecular complexity index is 690. The van der Waals surface area contributed by atoms with Crippen molar-refractivity contribution in [2.45, 2.75) is 64.3 Å². The topological polar surface area (TPSA) is 65.5 Å². The smallest absolute Gasteiger partial charge is 0.223 e. The first-order chi connectivity index (χ1) is 13.1. The maximum Gasteiger partial charge on any atom is 0.223 e. The molecule has 3 aliphatic rings. The number of nitrogens with zero attached hydrogens (tertiary/aromatic N) is 3. The summed E-state index contributed by atoms with van der Waals surface area (Å²) >= 11 is 1.75. The number of hydrogen-bond acceptors (Lipinski definition) is 5. The summed E-state index contributed by atoms with van der Waals surface area (Å²) in [5.41, 5.74) is 1.19. The van der Waals surface area contributed by atoms with Gasteiger partial charge in [0.1, 0.15) is 0 Å². The average molecular weight is 391 g/mol. The normalized spacial score (nSPS) is 23.4. The molecule has 1 saturated heterocycles. The Kier molecular flexibility index (Phi) is 5.66. The minimum Gasteiger partial charge on any atom is -0.353 e. The Balaban J connectivity index is 1.35. The van der Waals surface area contributed by atoms with Crippen molar-refractivity contribution in [3.05, 3.63) is 10.6 Å². The first-order valence-electron chi connectivity index (χ1n) is 10.5. The predicted molar refractivity (Wildman–Crippen MR) is 107 cm³/mol. The van der Waals surface area contributed by atoms with Crippen LogP contribution in [0.2, 0.25) is 0 Å². The van der Waals surface area contributed by atoms with Gasteiger partial charge in [0.15, 0.2) is 5.13 Å². The highest BCUT2D eigenvalue weighted by molar-refractivity contribution is 7.15. The molecule has 0 spiro atoms. The summed E-state index contributed by atoms with van der Waals surface area (Å²) in [4.78, 5) is 34.9. The summed E-state index contributed by atoms with van der Waals surface area (Å²) in [6.45, 7) is 5.18. The zero-order valence-electron chi connectivity index (χ0n) is 16.2. The van der Waals surface area contributed by atoms with Gasteiger partial charge in [-0.2, -0.15) is 0 Å². The lowest BCUT2D eigenvalue weighted by Crippen LogP contribution is -2.48. The van der Waals surface area contributed by atoms with E-state index in [4.69, 9.17) is 4.98 Å². The first kappa shape index (κ1) is 18.7. The number of nitrogens with one attached hydrogen (secondary N) is 1. The molecular formula is C20H30N4O2S. The van der Waals surface area contributed by atoms with Crippen LogP contribution in [0.5, 0.6) is 0 Å². The van der Waals surface area contributed by atoms with E-state index in [1.807, 2.05) is 11.8 Å². The molecule has 0 radical (unpaired) electrons. The van der Waals surface area contributed by atoms with Crippen LogP contribution in [-0.2, 0) is 22.4 Å². The molecule has 1 atom stereocenters. The number of rotatable bonds is 4. The standard InChI is InChI=1S/C20H30N4O2S/c1-2-18(25)23-9-11-24(12-10-23)20-22-16-8-7-14(13-17(16)27-20)19(26)21-15-5-3-4-6-15/h14-15H,2-13H2,1H3,(H,21,26). The van der Waals surface area contributed by atoms with Gasteiger partial charge in [0.2, 0.25) is 11.8 Å². The molecule has 27 heavy (non-hydrogen) atoms. The number of anilines is 1. The molecule has 2 aliphatic carbocycles. The molecule has 6 nitrogen and oxygen atoms in total. The molecule has 0 bridgehead atoms. The maximum absolute atomic E-state index is 12.6. The van der Waals surface area contributed by atoms with E-state index < -0.39 is 0 Å². The number of aromatic nitrogens is 1. The van der Waals surface area contributed by atoms with Crippen molar-refractivity contribution in [3.8, 4) is 0 Å². The fraction of sp³-hybridized carbons (Fsp3) is 0.750. The highest BCUT2D eigenvalue weighted by Gasteiger charge is 2.31. The quantitative estimate of drug-likeness (QED) is 0.857. The highest BCUT2D eigenvalue weighted by Crippen LogP contribution is 2.34. The van der Waals surface area contributed by atoms with E-state index in [9.17, 15) is 9.59 Å². The summed E-state index contributed by atoms with van der Waals surface area (Å²) in [5, 5.41) is 4.34. The van der Waals surface area contributed by atoms with E-state index in [2.05, 4.69) is 10.2 Å². The fourth-order valence-electron chi connectivity index (χ4n) is 4.48. The summed E-state index contributed by atoms with van der Waals surface area (Å²) in [6, 6.07) is 0.401. The lowest BCUT2D eigenvalue weighted by atomic mass is 9.90. The average Bonchev–Trinajstić information content (AvgIpc) is 3.36. The third-order valence-corrected chi connectivity index (χ3v) is 7.39. The lowest BCUT2D eigenvalue weighted by molar-refractivity contribution is -0.131. The Hall–Kier alpha value is -1.63. The van der Waals surface area contributed by atoms with Crippen LogP contribution in [0.15, 0.2) is 0 Å². The van der Waals surface area contributed by atoms with Gasteiger partial charge in [-0.1, -0.05) is 19.8 Å². The van der Waals surface area contributed by atoms with E-state index in [0.717, 1.165) is 63.4 Å². The lowest BCUT2D eigenvalue weighted by Gasteiger charge is -2.34. The van der Waals surface area contributed by atoms with Gasteiger partial charge in [-0.3, -0.25) is 9.59 Å². The van der Waals surface area contributed by atoms with Gasteiger partial charge in [0, 0.05) is 49.4 Å². The summed E-state index contributed by atoms with van der Waals surface area (Å²) < 4.78 is 0. The van der Waals surface area contributed by atoms with Gasteiger partial charge in [-0.25, -0.2) is 4.98 Å². The Morgan fingerprint density at radius 1 is 1.15 bits per heavy atom. The van der Waals surface area contributed by atoms with Gasteiger partial charge < -0.3 is 15.1 Å². The van der Waals surface area contributed by atoms with Gasteiger partial charge in [-0.15, -0.1) is 11.3 Å². The molecule has 0 aromatic carbocycles. The molecular weight excluding hydrogens is 360 g/mol. The Morgan fingerprint density at radius 3 is 2.59 bits per heavy atom. The van der Waals surface area contributed by atoms with Crippen LogP contribution in [-0.4, -0.2) is 53.9 Å². The third kappa shape index (κ3) is 4.13. The third-order valence-electron chi connectivity index (χ3n) is 6.21. The molecule has 1 aromatic heterocycles. The van der Waals surface area contributed by atoms with Crippen LogP contribution in [0.4, 0.5) is 5.13 Å². The number of fused-ring (bicyclic) bond motifs is 1. The van der Waals surface area contributed by atoms with E-state index in [0.29, 0.717) is 12.5 Å². The SMILES string of the molecule is CCC(=O)N1CCN(c2nc3c(s2)CC(C(=O)NC2CCCC2)CC3)CC1. The van der Waals surface area contributed by atoms with Gasteiger partial charge in [0.25, 0.3) is 0 Å². The van der Waals surface area contributed by atoms with Crippen molar-refractivity contribution in [1.29, 1.82) is 0 Å². The van der Waals surface area contributed by atoms with E-state index in [-0.39, 0.29) is 17.7 Å². The number of carbonyl (C=O) groups is 2. The molecule has 4 rings (SSSR count). The second-order valence-corrected chi connectivity index (χ2v) is 9.08. The Labute approximate surface area is 165 Å². The van der Waals surface area contributed by atoms with Gasteiger partial charge >= 0.3 is 0 Å². The van der Waals surface area contributed by atoms with Crippen molar-refractivity contribution < 1.29 is 9.59 Å². The van der Waals surface area contributed by atoms with E-state index in [1.165, 1.54) is 23.4 Å². The molecule has 7 heteroatoms. The van der Waals surface area contributed by atoms with Crippen LogP contribution in [0.3, 0.4) is 0 Å². The molecule has 2 heterocycles. The van der Waals surface area contributed by atoms with E-state index in [1.54, 1.807) is 11.3 Å². The summed E-state index contributed by atoms with van der Waals surface area (Å²) in [5.74, 6) is 0.587. The fourth-order valence-corrected chi connectivity index (χ4v) is 5.72. The van der Waals surface area contributed by atoms with Gasteiger partial charge in [0.05, 0.1) is 5.69 Å². The number of carbonyl (C=O) groups excluding carboxylic acids is 2. The molecule has 1 saturated carbocycles. The number of aryl methyl sites for hydroxylation is 1. The van der Waals surface area contributed by atoms with Crippen LogP contribution in [0.1, 0.15) is 56.0 Å². The maximum atomic E-state index is 12.6. The zero-order valence-corrected chi connectivity index (χ0v) is 17.0. The molecule has 2 amide bonds. The molecule has 1 N–H and O–H groups in total. The zero-order chi connectivity index (χ0) is 18.8. The largest absolute Gasteiger partial charge is 0.353 e. The Morgan fingerprint density at radius 2 is 1.89 bits per heavy atom. The van der Waals surface area contributed by atoms with E-state index >= 15 is 0 Å².